The summed E-state index contributed by atoms with van der Waals surface area (Å²) in [4.78, 5) is 22.3. The zero-order valence-corrected chi connectivity index (χ0v) is 17.7. The number of H-pyrrole nitrogens is 1. The van der Waals surface area contributed by atoms with E-state index in [2.05, 4.69) is 30.2 Å². The molecule has 0 radical (unpaired) electrons. The normalized spacial score (nSPS) is 20.5. The van der Waals surface area contributed by atoms with Crippen molar-refractivity contribution in [3.63, 3.8) is 0 Å². The number of carbonyl (C=O) groups is 1. The SMILES string of the molecule is CN(Cc1cc(F)ccc1OC(F)(F)F)C(=O)c1n[nH]c2ncnc(N[C@@H]3CC[C@@H](O)[C@H]3O)c12. The van der Waals surface area contributed by atoms with Gasteiger partial charge in [0.05, 0.1) is 23.6 Å². The Kier molecular flexibility index (Phi) is 6.27. The predicted molar refractivity (Wildman–Crippen MR) is 109 cm³/mol. The molecule has 1 aliphatic carbocycles. The second-order valence-corrected chi connectivity index (χ2v) is 7.87. The number of amides is 1. The summed E-state index contributed by atoms with van der Waals surface area (Å²) in [6, 6.07) is 1.96. The Bertz CT molecular complexity index is 1200. The Morgan fingerprint density at radius 1 is 1.29 bits per heavy atom. The number of fused-ring (bicyclic) bond motifs is 1. The van der Waals surface area contributed by atoms with Gasteiger partial charge in [0.25, 0.3) is 5.91 Å². The third-order valence-electron chi connectivity index (χ3n) is 5.46. The van der Waals surface area contributed by atoms with Crippen molar-refractivity contribution in [3.8, 4) is 5.75 Å². The lowest BCUT2D eigenvalue weighted by atomic mass is 10.1. The van der Waals surface area contributed by atoms with E-state index in [-0.39, 0.29) is 28.1 Å². The Hall–Kier alpha value is -3.52. The molecule has 182 valence electrons. The smallest absolute Gasteiger partial charge is 0.405 e. The third-order valence-corrected chi connectivity index (χ3v) is 5.46. The molecule has 3 aromatic rings. The Balaban J connectivity index is 1.61. The molecule has 1 fully saturated rings. The number of nitrogens with zero attached hydrogens (tertiary/aromatic N) is 4. The molecule has 4 N–H and O–H groups in total. The quantitative estimate of drug-likeness (QED) is 0.390. The fourth-order valence-corrected chi connectivity index (χ4v) is 3.82. The molecule has 34 heavy (non-hydrogen) atoms. The van der Waals surface area contributed by atoms with Crippen molar-refractivity contribution in [2.45, 2.75) is 44.0 Å². The molecule has 1 aliphatic rings. The van der Waals surface area contributed by atoms with Crippen molar-refractivity contribution in [3.05, 3.63) is 41.6 Å². The highest BCUT2D eigenvalue weighted by Crippen LogP contribution is 2.30. The lowest BCUT2D eigenvalue weighted by molar-refractivity contribution is -0.275. The number of aromatic nitrogens is 4. The molecule has 1 aromatic carbocycles. The van der Waals surface area contributed by atoms with Gasteiger partial charge in [-0.3, -0.25) is 9.89 Å². The fraction of sp³-hybridized carbons (Fsp3) is 0.400. The molecule has 10 nitrogen and oxygen atoms in total. The second kappa shape index (κ2) is 9.02. The van der Waals surface area contributed by atoms with Gasteiger partial charge in [0, 0.05) is 19.2 Å². The van der Waals surface area contributed by atoms with Crippen LogP contribution in [-0.4, -0.2) is 72.8 Å². The summed E-state index contributed by atoms with van der Waals surface area (Å²) >= 11 is 0. The van der Waals surface area contributed by atoms with Crippen LogP contribution in [0.3, 0.4) is 0 Å². The monoisotopic (exact) mass is 484 g/mol. The van der Waals surface area contributed by atoms with Crippen LogP contribution in [0, 0.1) is 5.82 Å². The van der Waals surface area contributed by atoms with Crippen molar-refractivity contribution in [2.75, 3.05) is 12.4 Å². The number of aromatic amines is 1. The molecule has 0 saturated heterocycles. The van der Waals surface area contributed by atoms with E-state index in [0.717, 1.165) is 23.1 Å². The number of hydrogen-bond donors (Lipinski definition) is 4. The molecule has 0 unspecified atom stereocenters. The minimum atomic E-state index is -5.00. The first-order chi connectivity index (χ1) is 16.0. The summed E-state index contributed by atoms with van der Waals surface area (Å²) in [7, 11) is 1.30. The zero-order chi connectivity index (χ0) is 24.6. The molecule has 1 amide bonds. The van der Waals surface area contributed by atoms with Crippen LogP contribution in [0.15, 0.2) is 24.5 Å². The number of aliphatic hydroxyl groups excluding tert-OH is 2. The number of rotatable bonds is 6. The van der Waals surface area contributed by atoms with Gasteiger partial charge in [-0.15, -0.1) is 13.2 Å². The first kappa shape index (κ1) is 23.6. The molecule has 0 aliphatic heterocycles. The van der Waals surface area contributed by atoms with Gasteiger partial charge in [0.1, 0.15) is 23.7 Å². The van der Waals surface area contributed by atoms with Gasteiger partial charge in [-0.2, -0.15) is 5.10 Å². The van der Waals surface area contributed by atoms with Crippen LogP contribution >= 0.6 is 0 Å². The maximum absolute atomic E-state index is 13.7. The van der Waals surface area contributed by atoms with Gasteiger partial charge >= 0.3 is 6.36 Å². The number of anilines is 1. The van der Waals surface area contributed by atoms with E-state index in [0.29, 0.717) is 12.8 Å². The number of carbonyl (C=O) groups excluding carboxylic acids is 1. The first-order valence-electron chi connectivity index (χ1n) is 10.1. The molecule has 4 rings (SSSR count). The van der Waals surface area contributed by atoms with Crippen LogP contribution in [0.4, 0.5) is 23.4 Å². The van der Waals surface area contributed by atoms with Crippen molar-refractivity contribution < 1.29 is 37.3 Å². The number of nitrogens with one attached hydrogen (secondary N) is 2. The van der Waals surface area contributed by atoms with Crippen LogP contribution in [-0.2, 0) is 6.54 Å². The van der Waals surface area contributed by atoms with E-state index >= 15 is 0 Å². The van der Waals surface area contributed by atoms with E-state index in [1.54, 1.807) is 0 Å². The molecule has 3 atom stereocenters. The second-order valence-electron chi connectivity index (χ2n) is 7.87. The molecule has 2 aromatic heterocycles. The molecule has 0 spiro atoms. The van der Waals surface area contributed by atoms with Gasteiger partial charge in [-0.1, -0.05) is 0 Å². The summed E-state index contributed by atoms with van der Waals surface area (Å²) < 4.78 is 55.8. The summed E-state index contributed by atoms with van der Waals surface area (Å²) in [6.07, 6.45) is -4.89. The minimum absolute atomic E-state index is 0.136. The Labute approximate surface area is 189 Å². The van der Waals surface area contributed by atoms with Crippen molar-refractivity contribution >= 4 is 22.8 Å². The van der Waals surface area contributed by atoms with E-state index in [9.17, 15) is 32.6 Å². The largest absolute Gasteiger partial charge is 0.573 e. The van der Waals surface area contributed by atoms with Gasteiger partial charge in [-0.25, -0.2) is 14.4 Å². The average molecular weight is 484 g/mol. The first-order valence-corrected chi connectivity index (χ1v) is 10.1. The topological polar surface area (TPSA) is 136 Å². The van der Waals surface area contributed by atoms with Gasteiger partial charge < -0.3 is 25.2 Å². The van der Waals surface area contributed by atoms with E-state index in [4.69, 9.17) is 0 Å². The molecule has 2 heterocycles. The molecular formula is C20H20F4N6O4. The maximum Gasteiger partial charge on any atom is 0.573 e. The highest BCUT2D eigenvalue weighted by molar-refractivity contribution is 6.07. The predicted octanol–water partition coefficient (Wildman–Crippen LogP) is 1.96. The summed E-state index contributed by atoms with van der Waals surface area (Å²) in [5.74, 6) is -1.97. The summed E-state index contributed by atoms with van der Waals surface area (Å²) in [5, 5.41) is 29.6. The van der Waals surface area contributed by atoms with E-state index in [1.807, 2.05) is 0 Å². The third kappa shape index (κ3) is 4.87. The standard InChI is InChI=1S/C20H20F4N6O4/c1-30(7-9-6-10(21)2-5-13(9)34-20(22,23)24)19(33)15-14-17(25-8-26-18(14)29-28-15)27-11-3-4-12(31)16(11)32/h2,5-6,8,11-12,16,31-32H,3-4,7H2,1H3,(H2,25,26,27,28,29)/t11-,12-,16+/m1/s1. The van der Waals surface area contributed by atoms with Gasteiger partial charge in [-0.05, 0) is 31.0 Å². The number of benzene rings is 1. The van der Waals surface area contributed by atoms with Crippen LogP contribution in [0.25, 0.3) is 11.0 Å². The molecule has 0 bridgehead atoms. The Morgan fingerprint density at radius 2 is 2.06 bits per heavy atom. The zero-order valence-electron chi connectivity index (χ0n) is 17.7. The van der Waals surface area contributed by atoms with Crippen molar-refractivity contribution in [1.82, 2.24) is 25.1 Å². The lowest BCUT2D eigenvalue weighted by Crippen LogP contribution is -2.34. The van der Waals surface area contributed by atoms with Crippen LogP contribution in [0.1, 0.15) is 28.9 Å². The number of ether oxygens (including phenoxy) is 1. The fourth-order valence-electron chi connectivity index (χ4n) is 3.82. The Morgan fingerprint density at radius 3 is 2.74 bits per heavy atom. The van der Waals surface area contributed by atoms with Crippen molar-refractivity contribution in [1.29, 1.82) is 0 Å². The van der Waals surface area contributed by atoms with E-state index < -0.39 is 48.6 Å². The number of aliphatic hydroxyl groups is 2. The summed E-state index contributed by atoms with van der Waals surface area (Å²) in [6.45, 7) is -0.416. The highest BCUT2D eigenvalue weighted by Gasteiger charge is 2.35. The summed E-state index contributed by atoms with van der Waals surface area (Å²) in [5.41, 5.74) is -0.136. The minimum Gasteiger partial charge on any atom is -0.405 e. The number of halogens is 4. The van der Waals surface area contributed by atoms with Crippen LogP contribution in [0.2, 0.25) is 0 Å². The van der Waals surface area contributed by atoms with Crippen LogP contribution < -0.4 is 10.1 Å². The maximum atomic E-state index is 13.7. The van der Waals surface area contributed by atoms with Gasteiger partial charge in [0.2, 0.25) is 0 Å². The van der Waals surface area contributed by atoms with E-state index in [1.165, 1.54) is 13.4 Å². The van der Waals surface area contributed by atoms with Crippen LogP contribution in [0.5, 0.6) is 5.75 Å². The molecule has 1 saturated carbocycles. The molecule has 14 heteroatoms. The van der Waals surface area contributed by atoms with Gasteiger partial charge in [0.15, 0.2) is 11.3 Å². The lowest BCUT2D eigenvalue weighted by Gasteiger charge is -2.20. The highest BCUT2D eigenvalue weighted by atomic mass is 19.4. The number of alkyl halides is 3. The number of hydrogen-bond acceptors (Lipinski definition) is 8. The van der Waals surface area contributed by atoms with Crippen molar-refractivity contribution in [2.24, 2.45) is 0 Å². The molecular weight excluding hydrogens is 464 g/mol. The average Bonchev–Trinajstić information content (AvgIpc) is 3.34.